The Balaban J connectivity index is 1.81. The van der Waals surface area contributed by atoms with E-state index in [9.17, 15) is 4.79 Å². The maximum Gasteiger partial charge on any atom is 0.248 e. The molecule has 3 rings (SSSR count). The number of hydroxylamine groups is 2. The van der Waals surface area contributed by atoms with Crippen LogP contribution >= 0.6 is 0 Å². The number of amides is 1. The molecule has 0 aliphatic carbocycles. The van der Waals surface area contributed by atoms with Crippen LogP contribution < -0.4 is 0 Å². The summed E-state index contributed by atoms with van der Waals surface area (Å²) in [6.45, 7) is 5.15. The molecule has 1 saturated heterocycles. The predicted octanol–water partition coefficient (Wildman–Crippen LogP) is 4.38. The minimum Gasteiger partial charge on any atom is -0.371 e. The number of hydrogen-bond donors (Lipinski definition) is 0. The number of benzene rings is 2. The molecule has 5 atom stereocenters. The van der Waals surface area contributed by atoms with Gasteiger partial charge < -0.3 is 14.2 Å². The molecule has 1 aliphatic rings. The Morgan fingerprint density at radius 3 is 1.94 bits per heavy atom. The lowest BCUT2D eigenvalue weighted by Gasteiger charge is -2.45. The second-order valence-corrected chi connectivity index (χ2v) is 8.28. The zero-order valence-corrected chi connectivity index (χ0v) is 19.5. The van der Waals surface area contributed by atoms with Crippen molar-refractivity contribution in [3.05, 3.63) is 71.8 Å². The van der Waals surface area contributed by atoms with E-state index in [1.807, 2.05) is 48.5 Å². The molecule has 1 aliphatic heterocycles. The van der Waals surface area contributed by atoms with E-state index in [0.717, 1.165) is 17.5 Å². The smallest absolute Gasteiger partial charge is 0.248 e. The SMILES string of the molecule is CC[C@H]1O[C@@H](CC(=O)N(C)OC)[C@H](OCc2ccccc2)[C@@H](OCc2ccccc2)[C@H]1C. The van der Waals surface area contributed by atoms with Crippen molar-refractivity contribution in [2.75, 3.05) is 14.2 Å². The highest BCUT2D eigenvalue weighted by Gasteiger charge is 2.45. The molecule has 0 saturated carbocycles. The Hall–Kier alpha value is -2.25. The highest BCUT2D eigenvalue weighted by molar-refractivity contribution is 5.75. The third kappa shape index (κ3) is 6.39. The Morgan fingerprint density at radius 2 is 1.44 bits per heavy atom. The average Bonchev–Trinajstić information content (AvgIpc) is 2.83. The largest absolute Gasteiger partial charge is 0.371 e. The molecule has 0 N–H and O–H groups in total. The van der Waals surface area contributed by atoms with Crippen molar-refractivity contribution in [3.63, 3.8) is 0 Å². The van der Waals surface area contributed by atoms with E-state index in [-0.39, 0.29) is 36.6 Å². The molecule has 0 bridgehead atoms. The molecule has 0 unspecified atom stereocenters. The van der Waals surface area contributed by atoms with Gasteiger partial charge in [0.15, 0.2) is 0 Å². The first-order chi connectivity index (χ1) is 15.5. The van der Waals surface area contributed by atoms with Gasteiger partial charge in [-0.25, -0.2) is 5.06 Å². The van der Waals surface area contributed by atoms with E-state index in [1.54, 1.807) is 7.05 Å². The van der Waals surface area contributed by atoms with E-state index in [0.29, 0.717) is 13.2 Å². The summed E-state index contributed by atoms with van der Waals surface area (Å²) >= 11 is 0. The minimum atomic E-state index is -0.425. The molecule has 2 aromatic carbocycles. The Kier molecular flexibility index (Phi) is 9.23. The summed E-state index contributed by atoms with van der Waals surface area (Å²) < 4.78 is 19.2. The van der Waals surface area contributed by atoms with Crippen LogP contribution in [0.3, 0.4) is 0 Å². The van der Waals surface area contributed by atoms with Crippen LogP contribution in [0.4, 0.5) is 0 Å². The molecule has 1 amide bonds. The number of carbonyl (C=O) groups is 1. The lowest BCUT2D eigenvalue weighted by atomic mass is 9.85. The number of carbonyl (C=O) groups excluding carboxylic acids is 1. The molecule has 1 heterocycles. The normalized spacial score (nSPS) is 25.4. The average molecular weight is 442 g/mol. The zero-order valence-electron chi connectivity index (χ0n) is 19.5. The van der Waals surface area contributed by atoms with Crippen LogP contribution in [-0.2, 0) is 37.1 Å². The molecular formula is C26H35NO5. The van der Waals surface area contributed by atoms with Crippen LogP contribution in [0.15, 0.2) is 60.7 Å². The van der Waals surface area contributed by atoms with Crippen LogP contribution in [0.25, 0.3) is 0 Å². The van der Waals surface area contributed by atoms with Gasteiger partial charge in [-0.3, -0.25) is 9.63 Å². The molecule has 1 fully saturated rings. The quantitative estimate of drug-likeness (QED) is 0.512. The van der Waals surface area contributed by atoms with Crippen molar-refractivity contribution < 1.29 is 23.8 Å². The summed E-state index contributed by atoms with van der Waals surface area (Å²) in [4.78, 5) is 17.7. The predicted molar refractivity (Wildman–Crippen MR) is 123 cm³/mol. The third-order valence-electron chi connectivity index (χ3n) is 6.12. The fourth-order valence-corrected chi connectivity index (χ4v) is 4.17. The summed E-state index contributed by atoms with van der Waals surface area (Å²) in [5, 5.41) is 1.23. The molecule has 0 spiro atoms. The van der Waals surface area contributed by atoms with Gasteiger partial charge in [-0.15, -0.1) is 0 Å². The van der Waals surface area contributed by atoms with Crippen LogP contribution in [0.5, 0.6) is 0 Å². The number of rotatable bonds is 10. The summed E-state index contributed by atoms with van der Waals surface area (Å²) in [5.41, 5.74) is 2.17. The van der Waals surface area contributed by atoms with Gasteiger partial charge in [-0.2, -0.15) is 0 Å². The van der Waals surface area contributed by atoms with Crippen molar-refractivity contribution in [2.45, 2.75) is 64.3 Å². The van der Waals surface area contributed by atoms with E-state index in [2.05, 4.69) is 26.0 Å². The molecule has 0 aromatic heterocycles. The highest BCUT2D eigenvalue weighted by atomic mass is 16.7. The van der Waals surface area contributed by atoms with Crippen LogP contribution in [0, 0.1) is 5.92 Å². The van der Waals surface area contributed by atoms with E-state index in [4.69, 9.17) is 19.0 Å². The molecule has 174 valence electrons. The Morgan fingerprint density at radius 1 is 0.906 bits per heavy atom. The summed E-state index contributed by atoms with van der Waals surface area (Å²) in [7, 11) is 3.08. The fraction of sp³-hybridized carbons (Fsp3) is 0.500. The van der Waals surface area contributed by atoms with Crippen LogP contribution in [0.1, 0.15) is 37.8 Å². The Bertz CT molecular complexity index is 815. The lowest BCUT2D eigenvalue weighted by Crippen LogP contribution is -2.56. The van der Waals surface area contributed by atoms with E-state index >= 15 is 0 Å². The van der Waals surface area contributed by atoms with Crippen molar-refractivity contribution in [3.8, 4) is 0 Å². The standard InChI is InChI=1S/C26H35NO5/c1-5-22-19(2)25(30-17-20-12-8-6-9-13-20)26(31-18-21-14-10-7-11-15-21)23(32-22)16-24(28)27(3)29-4/h6-15,19,22-23,25-26H,5,16-18H2,1-4H3/t19-,22+,23-,25-,26-/m0/s1. The van der Waals surface area contributed by atoms with Crippen LogP contribution in [-0.4, -0.2) is 49.5 Å². The summed E-state index contributed by atoms with van der Waals surface area (Å²) in [5.74, 6) is -0.0342. The zero-order chi connectivity index (χ0) is 22.9. The number of hydrogen-bond acceptors (Lipinski definition) is 5. The van der Waals surface area contributed by atoms with Gasteiger partial charge in [-0.05, 0) is 17.5 Å². The molecule has 2 aromatic rings. The number of nitrogens with zero attached hydrogens (tertiary/aromatic N) is 1. The molecule has 6 heteroatoms. The lowest BCUT2D eigenvalue weighted by molar-refractivity contribution is -0.236. The molecule has 32 heavy (non-hydrogen) atoms. The van der Waals surface area contributed by atoms with Crippen molar-refractivity contribution >= 4 is 5.91 Å². The van der Waals surface area contributed by atoms with Crippen molar-refractivity contribution in [1.82, 2.24) is 5.06 Å². The van der Waals surface area contributed by atoms with Gasteiger partial charge >= 0.3 is 0 Å². The minimum absolute atomic E-state index is 0.0157. The second-order valence-electron chi connectivity index (χ2n) is 8.28. The number of ether oxygens (including phenoxy) is 3. The van der Waals surface area contributed by atoms with Crippen molar-refractivity contribution in [1.29, 1.82) is 0 Å². The first-order valence-electron chi connectivity index (χ1n) is 11.3. The van der Waals surface area contributed by atoms with Crippen molar-refractivity contribution in [2.24, 2.45) is 5.92 Å². The van der Waals surface area contributed by atoms with Crippen LogP contribution in [0.2, 0.25) is 0 Å². The van der Waals surface area contributed by atoms with Gasteiger partial charge in [0, 0.05) is 13.0 Å². The Labute approximate surface area is 191 Å². The first-order valence-corrected chi connectivity index (χ1v) is 11.3. The highest BCUT2D eigenvalue weighted by Crippen LogP contribution is 2.34. The maximum atomic E-state index is 12.6. The second kappa shape index (κ2) is 12.1. The maximum absolute atomic E-state index is 12.6. The molecule has 0 radical (unpaired) electrons. The van der Waals surface area contributed by atoms with E-state index < -0.39 is 6.10 Å². The fourth-order valence-electron chi connectivity index (χ4n) is 4.17. The molecule has 6 nitrogen and oxygen atoms in total. The van der Waals surface area contributed by atoms with E-state index in [1.165, 1.54) is 12.2 Å². The summed E-state index contributed by atoms with van der Waals surface area (Å²) in [6.07, 6.45) is -0.0289. The first kappa shape index (κ1) is 24.4. The third-order valence-corrected chi connectivity index (χ3v) is 6.12. The van der Waals surface area contributed by atoms with Gasteiger partial charge in [0.25, 0.3) is 0 Å². The van der Waals surface area contributed by atoms with Gasteiger partial charge in [0.1, 0.15) is 6.10 Å². The van der Waals surface area contributed by atoms with Gasteiger partial charge in [0.2, 0.25) is 5.91 Å². The molecular weight excluding hydrogens is 406 g/mol. The summed E-state index contributed by atoms with van der Waals surface area (Å²) in [6, 6.07) is 20.1. The van der Waals surface area contributed by atoms with Gasteiger partial charge in [-0.1, -0.05) is 74.5 Å². The topological polar surface area (TPSA) is 57.2 Å². The van der Waals surface area contributed by atoms with Gasteiger partial charge in [0.05, 0.1) is 45.1 Å². The monoisotopic (exact) mass is 441 g/mol.